The number of anilines is 3. The Morgan fingerprint density at radius 1 is 0.971 bits per heavy atom. The third-order valence-corrected chi connectivity index (χ3v) is 5.59. The summed E-state index contributed by atoms with van der Waals surface area (Å²) < 4.78 is 14.7. The van der Waals surface area contributed by atoms with Gasteiger partial charge in [-0.3, -0.25) is 9.79 Å². The van der Waals surface area contributed by atoms with Crippen LogP contribution in [0.25, 0.3) is 11.3 Å². The number of fused-ring (bicyclic) bond motifs is 3. The van der Waals surface area contributed by atoms with Crippen molar-refractivity contribution in [2.45, 2.75) is 13.5 Å². The lowest BCUT2D eigenvalue weighted by molar-refractivity contribution is -0.114. The van der Waals surface area contributed by atoms with E-state index in [0.717, 1.165) is 16.8 Å². The van der Waals surface area contributed by atoms with E-state index in [1.807, 2.05) is 18.2 Å². The van der Waals surface area contributed by atoms with Crippen molar-refractivity contribution in [1.82, 2.24) is 9.97 Å². The van der Waals surface area contributed by atoms with Gasteiger partial charge in [0.25, 0.3) is 0 Å². The SMILES string of the molecule is CC(=O)Nc1ccc(Nc2ncc3c(n2)-c2ccc(Cl)cc2C(c2ccccc2F)=NC3)cc1. The van der Waals surface area contributed by atoms with Gasteiger partial charge >= 0.3 is 0 Å². The first-order chi connectivity index (χ1) is 16.5. The number of rotatable bonds is 4. The van der Waals surface area contributed by atoms with Gasteiger partial charge in [0.2, 0.25) is 11.9 Å². The molecule has 168 valence electrons. The fourth-order valence-electron chi connectivity index (χ4n) is 3.84. The molecule has 5 rings (SSSR count). The van der Waals surface area contributed by atoms with Gasteiger partial charge in [-0.15, -0.1) is 0 Å². The van der Waals surface area contributed by atoms with Crippen LogP contribution in [0.2, 0.25) is 5.02 Å². The van der Waals surface area contributed by atoms with Crippen LogP contribution in [-0.2, 0) is 11.3 Å². The molecule has 2 heterocycles. The third kappa shape index (κ3) is 4.38. The number of carbonyl (C=O) groups is 1. The van der Waals surface area contributed by atoms with Gasteiger partial charge in [0, 0.05) is 51.8 Å². The molecular weight excluding hydrogens is 453 g/mol. The van der Waals surface area contributed by atoms with Crippen LogP contribution in [0.3, 0.4) is 0 Å². The van der Waals surface area contributed by atoms with Crippen molar-refractivity contribution in [1.29, 1.82) is 0 Å². The van der Waals surface area contributed by atoms with E-state index in [2.05, 4.69) is 15.6 Å². The molecule has 1 amide bonds. The summed E-state index contributed by atoms with van der Waals surface area (Å²) in [6.45, 7) is 1.76. The Balaban J connectivity index is 1.53. The molecule has 1 aliphatic heterocycles. The van der Waals surface area contributed by atoms with E-state index in [9.17, 15) is 9.18 Å². The van der Waals surface area contributed by atoms with Crippen molar-refractivity contribution in [3.63, 3.8) is 0 Å². The summed E-state index contributed by atoms with van der Waals surface area (Å²) in [5.74, 6) is -0.0823. The van der Waals surface area contributed by atoms with Crippen LogP contribution in [0.4, 0.5) is 21.7 Å². The highest BCUT2D eigenvalue weighted by atomic mass is 35.5. The third-order valence-electron chi connectivity index (χ3n) is 5.35. The summed E-state index contributed by atoms with van der Waals surface area (Å²) in [7, 11) is 0. The van der Waals surface area contributed by atoms with E-state index >= 15 is 0 Å². The summed E-state index contributed by atoms with van der Waals surface area (Å²) in [6, 6.07) is 19.2. The molecule has 8 heteroatoms. The first-order valence-electron chi connectivity index (χ1n) is 10.6. The Kier molecular flexibility index (Phi) is 5.77. The maximum atomic E-state index is 14.7. The fourth-order valence-corrected chi connectivity index (χ4v) is 4.01. The van der Waals surface area contributed by atoms with Crippen molar-refractivity contribution < 1.29 is 9.18 Å². The highest BCUT2D eigenvalue weighted by molar-refractivity contribution is 6.31. The summed E-state index contributed by atoms with van der Waals surface area (Å²) in [4.78, 5) is 25.1. The molecule has 0 bridgehead atoms. The fraction of sp³-hybridized carbons (Fsp3) is 0.0769. The van der Waals surface area contributed by atoms with Gasteiger partial charge in [0.1, 0.15) is 5.82 Å². The molecule has 4 aromatic rings. The second-order valence-corrected chi connectivity index (χ2v) is 8.22. The minimum Gasteiger partial charge on any atom is -0.326 e. The zero-order chi connectivity index (χ0) is 23.7. The van der Waals surface area contributed by atoms with Crippen LogP contribution in [0.5, 0.6) is 0 Å². The zero-order valence-electron chi connectivity index (χ0n) is 18.1. The van der Waals surface area contributed by atoms with E-state index in [-0.39, 0.29) is 11.7 Å². The Bertz CT molecular complexity index is 1440. The standard InChI is InChI=1S/C26H19ClFN5O/c1-15(34)31-18-7-9-19(10-8-18)32-26-30-14-16-13-29-25(21-4-2-3-5-23(21)28)22-12-17(27)6-11-20(22)24(16)33-26/h2-12,14H,13H2,1H3,(H,31,34)(H,30,32,33). The van der Waals surface area contributed by atoms with Crippen molar-refractivity contribution >= 4 is 40.5 Å². The van der Waals surface area contributed by atoms with E-state index in [4.69, 9.17) is 21.6 Å². The van der Waals surface area contributed by atoms with Crippen molar-refractivity contribution in [3.05, 3.63) is 100 Å². The van der Waals surface area contributed by atoms with Gasteiger partial charge in [-0.1, -0.05) is 29.8 Å². The smallest absolute Gasteiger partial charge is 0.227 e. The first-order valence-corrected chi connectivity index (χ1v) is 11.0. The largest absolute Gasteiger partial charge is 0.326 e. The van der Waals surface area contributed by atoms with Crippen LogP contribution < -0.4 is 10.6 Å². The predicted molar refractivity (Wildman–Crippen MR) is 132 cm³/mol. The molecule has 1 aliphatic rings. The van der Waals surface area contributed by atoms with Gasteiger partial charge in [-0.05, 0) is 48.5 Å². The van der Waals surface area contributed by atoms with E-state index < -0.39 is 0 Å². The maximum Gasteiger partial charge on any atom is 0.227 e. The first kappa shape index (κ1) is 21.7. The van der Waals surface area contributed by atoms with E-state index in [0.29, 0.717) is 45.7 Å². The Labute approximate surface area is 200 Å². The average molecular weight is 472 g/mol. The molecule has 0 radical (unpaired) electrons. The molecule has 0 atom stereocenters. The van der Waals surface area contributed by atoms with Gasteiger partial charge in [-0.25, -0.2) is 14.4 Å². The van der Waals surface area contributed by atoms with Crippen LogP contribution in [0.15, 0.2) is 77.9 Å². The number of hydrogen-bond donors (Lipinski definition) is 2. The Hall–Kier alpha value is -4.10. The van der Waals surface area contributed by atoms with Crippen LogP contribution in [0, 0.1) is 5.82 Å². The molecule has 2 N–H and O–H groups in total. The van der Waals surface area contributed by atoms with Crippen LogP contribution in [0.1, 0.15) is 23.6 Å². The zero-order valence-corrected chi connectivity index (χ0v) is 18.9. The van der Waals surface area contributed by atoms with Gasteiger partial charge in [-0.2, -0.15) is 0 Å². The number of halogens is 2. The molecule has 1 aromatic heterocycles. The molecule has 6 nitrogen and oxygen atoms in total. The normalized spacial score (nSPS) is 12.1. The molecule has 0 fully saturated rings. The summed E-state index contributed by atoms with van der Waals surface area (Å²) in [5, 5.41) is 6.45. The van der Waals surface area contributed by atoms with E-state index in [1.54, 1.807) is 48.7 Å². The summed E-state index contributed by atoms with van der Waals surface area (Å²) in [6.07, 6.45) is 1.72. The predicted octanol–water partition coefficient (Wildman–Crippen LogP) is 5.99. The lowest BCUT2D eigenvalue weighted by Gasteiger charge is -2.13. The number of nitrogens with zero attached hydrogens (tertiary/aromatic N) is 3. The maximum absolute atomic E-state index is 14.7. The molecule has 0 unspecified atom stereocenters. The van der Waals surface area contributed by atoms with Gasteiger partial charge in [0.05, 0.1) is 18.0 Å². The molecule has 0 aliphatic carbocycles. The highest BCUT2D eigenvalue weighted by Gasteiger charge is 2.23. The lowest BCUT2D eigenvalue weighted by Crippen LogP contribution is -2.07. The van der Waals surface area contributed by atoms with Crippen LogP contribution in [-0.4, -0.2) is 21.6 Å². The number of hydrogen-bond acceptors (Lipinski definition) is 5. The monoisotopic (exact) mass is 471 g/mol. The van der Waals surface area contributed by atoms with Gasteiger partial charge < -0.3 is 10.6 Å². The van der Waals surface area contributed by atoms with Crippen molar-refractivity contribution in [3.8, 4) is 11.3 Å². The number of nitrogens with one attached hydrogen (secondary N) is 2. The number of aromatic nitrogens is 2. The number of amides is 1. The van der Waals surface area contributed by atoms with Crippen molar-refractivity contribution in [2.75, 3.05) is 10.6 Å². The van der Waals surface area contributed by atoms with Gasteiger partial charge in [0.15, 0.2) is 0 Å². The van der Waals surface area contributed by atoms with E-state index in [1.165, 1.54) is 13.0 Å². The quantitative estimate of drug-likeness (QED) is 0.383. The Morgan fingerprint density at radius 2 is 1.74 bits per heavy atom. The molecule has 0 spiro atoms. The summed E-state index contributed by atoms with van der Waals surface area (Å²) in [5.41, 5.74) is 5.43. The Morgan fingerprint density at radius 3 is 2.50 bits per heavy atom. The average Bonchev–Trinajstić information content (AvgIpc) is 2.97. The topological polar surface area (TPSA) is 79.3 Å². The molecular formula is C26H19ClFN5O. The van der Waals surface area contributed by atoms with Crippen molar-refractivity contribution in [2.24, 2.45) is 4.99 Å². The summed E-state index contributed by atoms with van der Waals surface area (Å²) >= 11 is 6.31. The molecule has 3 aromatic carbocycles. The minimum atomic E-state index is -0.353. The number of benzene rings is 3. The molecule has 0 saturated carbocycles. The second-order valence-electron chi connectivity index (χ2n) is 7.79. The number of carbonyl (C=O) groups excluding carboxylic acids is 1. The van der Waals surface area contributed by atoms with Crippen LogP contribution >= 0.6 is 11.6 Å². The molecule has 34 heavy (non-hydrogen) atoms. The highest BCUT2D eigenvalue weighted by Crippen LogP contribution is 2.34. The lowest BCUT2D eigenvalue weighted by atomic mass is 9.95. The number of aliphatic imine (C=N–C) groups is 1. The molecule has 0 saturated heterocycles. The second kappa shape index (κ2) is 9.03. The minimum absolute atomic E-state index is 0.134.